The lowest BCUT2D eigenvalue weighted by Crippen LogP contribution is -2.22. The Morgan fingerprint density at radius 3 is 2.83 bits per heavy atom. The predicted molar refractivity (Wildman–Crippen MR) is 61.1 cm³/mol. The van der Waals surface area contributed by atoms with Gasteiger partial charge in [-0.25, -0.2) is 0 Å². The van der Waals surface area contributed by atoms with Crippen LogP contribution < -0.4 is 9.84 Å². The maximum absolute atomic E-state index is 10.7. The summed E-state index contributed by atoms with van der Waals surface area (Å²) in [7, 11) is 0. The Morgan fingerprint density at radius 2 is 2.22 bits per heavy atom. The summed E-state index contributed by atoms with van der Waals surface area (Å²) in [4.78, 5) is 10.7. The van der Waals surface area contributed by atoms with E-state index in [9.17, 15) is 9.90 Å². The first kappa shape index (κ1) is 12.2. The number of nitrogens with zero attached hydrogens (tertiary/aromatic N) is 1. The molecule has 2 rings (SSSR count). The van der Waals surface area contributed by atoms with Crippen molar-refractivity contribution in [1.29, 1.82) is 0 Å². The van der Waals surface area contributed by atoms with Gasteiger partial charge >= 0.3 is 0 Å². The van der Waals surface area contributed by atoms with E-state index in [1.54, 1.807) is 19.1 Å². The van der Waals surface area contributed by atoms with Crippen LogP contribution in [-0.4, -0.2) is 11.1 Å². The van der Waals surface area contributed by atoms with Crippen LogP contribution >= 0.6 is 0 Å². The average molecular weight is 246 g/mol. The van der Waals surface area contributed by atoms with Crippen LogP contribution in [0.1, 0.15) is 27.4 Å². The summed E-state index contributed by atoms with van der Waals surface area (Å²) in [6, 6.07) is 6.17. The predicted octanol–water partition coefficient (Wildman–Crippen LogP) is 1.23. The van der Waals surface area contributed by atoms with Gasteiger partial charge in [0.2, 0.25) is 0 Å². The normalized spacial score (nSPS) is 10.3. The Labute approximate surface area is 104 Å². The molecule has 0 amide bonds. The minimum absolute atomic E-state index is 0.0891. The van der Waals surface area contributed by atoms with Crippen molar-refractivity contribution in [1.82, 2.24) is 5.16 Å². The van der Waals surface area contributed by atoms with Crippen molar-refractivity contribution in [3.63, 3.8) is 0 Å². The second-order valence-electron chi connectivity index (χ2n) is 3.91. The molecule has 18 heavy (non-hydrogen) atoms. The number of carbonyl (C=O) groups excluding carboxylic acids is 1. The molecule has 0 saturated heterocycles. The number of carboxylic acids is 1. The van der Waals surface area contributed by atoms with E-state index < -0.39 is 5.97 Å². The molecule has 94 valence electrons. The summed E-state index contributed by atoms with van der Waals surface area (Å²) in [5.74, 6) is -0.0574. The fourth-order valence-electron chi connectivity index (χ4n) is 1.58. The fraction of sp³-hybridized carbons (Fsp3) is 0.231. The second kappa shape index (κ2) is 4.91. The Kier molecular flexibility index (Phi) is 3.32. The lowest BCUT2D eigenvalue weighted by molar-refractivity contribution is -0.255. The molecule has 5 nitrogen and oxygen atoms in total. The van der Waals surface area contributed by atoms with Gasteiger partial charge < -0.3 is 19.2 Å². The van der Waals surface area contributed by atoms with Gasteiger partial charge in [-0.1, -0.05) is 17.3 Å². The van der Waals surface area contributed by atoms with E-state index in [-0.39, 0.29) is 12.2 Å². The van der Waals surface area contributed by atoms with Crippen LogP contribution in [0.2, 0.25) is 0 Å². The first-order valence-electron chi connectivity index (χ1n) is 5.44. The van der Waals surface area contributed by atoms with Gasteiger partial charge in [0.15, 0.2) is 0 Å². The van der Waals surface area contributed by atoms with E-state index in [0.29, 0.717) is 11.5 Å². The molecule has 0 unspecified atom stereocenters. The van der Waals surface area contributed by atoms with Crippen molar-refractivity contribution < 1.29 is 19.2 Å². The van der Waals surface area contributed by atoms with E-state index in [0.717, 1.165) is 11.3 Å². The molecular weight excluding hydrogens is 234 g/mol. The second-order valence-corrected chi connectivity index (χ2v) is 3.91. The molecule has 1 aromatic heterocycles. The van der Waals surface area contributed by atoms with Gasteiger partial charge in [0.1, 0.15) is 18.1 Å². The summed E-state index contributed by atoms with van der Waals surface area (Å²) >= 11 is 0. The molecule has 1 aromatic carbocycles. The molecule has 0 saturated carbocycles. The summed E-state index contributed by atoms with van der Waals surface area (Å²) in [5.41, 5.74) is 1.73. The van der Waals surface area contributed by atoms with Gasteiger partial charge in [0.25, 0.3) is 0 Å². The number of aryl methyl sites for hydroxylation is 2. The number of aromatic carboxylic acids is 1. The molecule has 0 aliphatic rings. The Hall–Kier alpha value is -2.30. The quantitative estimate of drug-likeness (QED) is 0.811. The van der Waals surface area contributed by atoms with Gasteiger partial charge in [-0.2, -0.15) is 0 Å². The largest absolute Gasteiger partial charge is 0.545 e. The van der Waals surface area contributed by atoms with Crippen LogP contribution in [0.3, 0.4) is 0 Å². The lowest BCUT2D eigenvalue weighted by Gasteiger charge is -2.08. The van der Waals surface area contributed by atoms with Crippen molar-refractivity contribution in [2.75, 3.05) is 0 Å². The first-order chi connectivity index (χ1) is 8.58. The minimum Gasteiger partial charge on any atom is -0.545 e. The Balaban J connectivity index is 2.11. The highest BCUT2D eigenvalue weighted by atomic mass is 16.5. The highest BCUT2D eigenvalue weighted by molar-refractivity contribution is 5.86. The molecule has 0 bridgehead atoms. The number of carbonyl (C=O) groups is 1. The minimum atomic E-state index is -1.22. The summed E-state index contributed by atoms with van der Waals surface area (Å²) in [6.07, 6.45) is 0. The zero-order valence-corrected chi connectivity index (χ0v) is 10.1. The van der Waals surface area contributed by atoms with Crippen LogP contribution in [0.15, 0.2) is 28.8 Å². The van der Waals surface area contributed by atoms with Gasteiger partial charge in [-0.3, -0.25) is 0 Å². The van der Waals surface area contributed by atoms with E-state index in [2.05, 4.69) is 5.16 Å². The van der Waals surface area contributed by atoms with Crippen LogP contribution in [-0.2, 0) is 6.61 Å². The van der Waals surface area contributed by atoms with Crippen molar-refractivity contribution in [2.24, 2.45) is 0 Å². The van der Waals surface area contributed by atoms with E-state index in [4.69, 9.17) is 9.26 Å². The molecule has 0 fully saturated rings. The molecule has 0 aliphatic carbocycles. The molecular formula is C13H12NO4-. The third kappa shape index (κ3) is 2.51. The third-order valence-electron chi connectivity index (χ3n) is 2.63. The van der Waals surface area contributed by atoms with Crippen molar-refractivity contribution in [3.05, 3.63) is 46.8 Å². The summed E-state index contributed by atoms with van der Waals surface area (Å²) in [5, 5.41) is 14.5. The van der Waals surface area contributed by atoms with Crippen molar-refractivity contribution >= 4 is 5.97 Å². The smallest absolute Gasteiger partial charge is 0.140 e. The van der Waals surface area contributed by atoms with Crippen LogP contribution in [0.5, 0.6) is 5.75 Å². The number of hydrogen-bond donors (Lipinski definition) is 0. The molecule has 0 atom stereocenters. The molecule has 0 N–H and O–H groups in total. The molecule has 0 aliphatic heterocycles. The van der Waals surface area contributed by atoms with Crippen molar-refractivity contribution in [2.45, 2.75) is 20.5 Å². The Morgan fingerprint density at radius 1 is 1.44 bits per heavy atom. The van der Waals surface area contributed by atoms with Gasteiger partial charge in [0.05, 0.1) is 17.2 Å². The Bertz CT molecular complexity index is 555. The fourth-order valence-corrected chi connectivity index (χ4v) is 1.58. The number of aromatic nitrogens is 1. The SMILES string of the molecule is Cc1noc(C)c1COc1cccc(C(=O)[O-])c1. The number of hydrogen-bond acceptors (Lipinski definition) is 5. The molecule has 1 heterocycles. The molecule has 0 radical (unpaired) electrons. The topological polar surface area (TPSA) is 75.4 Å². The molecule has 2 aromatic rings. The van der Waals surface area contributed by atoms with Crippen LogP contribution in [0.4, 0.5) is 0 Å². The van der Waals surface area contributed by atoms with Crippen LogP contribution in [0.25, 0.3) is 0 Å². The van der Waals surface area contributed by atoms with Crippen LogP contribution in [0, 0.1) is 13.8 Å². The third-order valence-corrected chi connectivity index (χ3v) is 2.63. The zero-order valence-electron chi connectivity index (χ0n) is 10.1. The first-order valence-corrected chi connectivity index (χ1v) is 5.44. The van der Waals surface area contributed by atoms with Crippen molar-refractivity contribution in [3.8, 4) is 5.75 Å². The van der Waals surface area contributed by atoms with E-state index in [1.165, 1.54) is 12.1 Å². The number of ether oxygens (including phenoxy) is 1. The highest BCUT2D eigenvalue weighted by Crippen LogP contribution is 2.18. The molecule has 5 heteroatoms. The number of carboxylic acid groups (broad SMARTS) is 1. The number of benzene rings is 1. The monoisotopic (exact) mass is 246 g/mol. The average Bonchev–Trinajstić information content (AvgIpc) is 2.67. The zero-order chi connectivity index (χ0) is 13.1. The van der Waals surface area contributed by atoms with Gasteiger partial charge in [0, 0.05) is 5.56 Å². The summed E-state index contributed by atoms with van der Waals surface area (Å²) in [6.45, 7) is 3.92. The van der Waals surface area contributed by atoms with Gasteiger partial charge in [-0.15, -0.1) is 0 Å². The maximum Gasteiger partial charge on any atom is 0.140 e. The summed E-state index contributed by atoms with van der Waals surface area (Å²) < 4.78 is 10.5. The maximum atomic E-state index is 10.7. The van der Waals surface area contributed by atoms with E-state index in [1.807, 2.05) is 6.92 Å². The van der Waals surface area contributed by atoms with Gasteiger partial charge in [-0.05, 0) is 26.0 Å². The lowest BCUT2D eigenvalue weighted by atomic mass is 10.2. The molecule has 0 spiro atoms. The van der Waals surface area contributed by atoms with E-state index >= 15 is 0 Å². The highest BCUT2D eigenvalue weighted by Gasteiger charge is 2.09. The number of rotatable bonds is 4. The standard InChI is InChI=1S/C13H13NO4/c1-8-12(9(2)18-14-8)7-17-11-5-3-4-10(6-11)13(15)16/h3-6H,7H2,1-2H3,(H,15,16)/p-1.